The van der Waals surface area contributed by atoms with Crippen molar-refractivity contribution in [1.29, 1.82) is 0 Å². The molecule has 20 heavy (non-hydrogen) atoms. The van der Waals surface area contributed by atoms with Crippen LogP contribution in [0.5, 0.6) is 0 Å². The third-order valence-corrected chi connectivity index (χ3v) is 4.12. The van der Waals surface area contributed by atoms with Gasteiger partial charge >= 0.3 is 0 Å². The Bertz CT molecular complexity index is 732. The van der Waals surface area contributed by atoms with E-state index in [1.54, 1.807) is 25.1 Å². The van der Waals surface area contributed by atoms with E-state index in [1.807, 2.05) is 0 Å². The van der Waals surface area contributed by atoms with Gasteiger partial charge in [-0.15, -0.1) is 0 Å². The van der Waals surface area contributed by atoms with Crippen LogP contribution in [0.15, 0.2) is 47.4 Å². The van der Waals surface area contributed by atoms with Gasteiger partial charge in [-0.25, -0.2) is 12.8 Å². The van der Waals surface area contributed by atoms with Crippen molar-refractivity contribution in [3.05, 3.63) is 53.8 Å². The Morgan fingerprint density at radius 3 is 2.50 bits per heavy atom. The van der Waals surface area contributed by atoms with Crippen LogP contribution in [-0.4, -0.2) is 8.42 Å². The van der Waals surface area contributed by atoms with Crippen molar-refractivity contribution in [3.8, 4) is 0 Å². The summed E-state index contributed by atoms with van der Waals surface area (Å²) in [6, 6.07) is 10.3. The molecule has 0 saturated heterocycles. The van der Waals surface area contributed by atoms with Gasteiger partial charge < -0.3 is 5.43 Å². The third kappa shape index (κ3) is 2.89. The molecule has 0 aliphatic rings. The molecule has 4 N–H and O–H groups in total. The van der Waals surface area contributed by atoms with Gasteiger partial charge in [-0.2, -0.15) is 0 Å². The number of rotatable bonds is 4. The van der Waals surface area contributed by atoms with Gasteiger partial charge in [-0.05, 0) is 36.8 Å². The van der Waals surface area contributed by atoms with Crippen molar-refractivity contribution >= 4 is 21.4 Å². The molecule has 0 heterocycles. The molecule has 2 aromatic rings. The van der Waals surface area contributed by atoms with Crippen LogP contribution in [0.1, 0.15) is 5.56 Å². The summed E-state index contributed by atoms with van der Waals surface area (Å²) in [5.41, 5.74) is 3.17. The van der Waals surface area contributed by atoms with E-state index in [-0.39, 0.29) is 16.3 Å². The third-order valence-electron chi connectivity index (χ3n) is 2.70. The van der Waals surface area contributed by atoms with Gasteiger partial charge in [0.1, 0.15) is 10.7 Å². The molecule has 2 aromatic carbocycles. The maximum atomic E-state index is 13.6. The number of benzene rings is 2. The number of hydrazine groups is 1. The Morgan fingerprint density at radius 1 is 1.10 bits per heavy atom. The Labute approximate surface area is 116 Å². The molecule has 106 valence electrons. The molecule has 0 aliphatic heterocycles. The number of sulfonamides is 1. The molecule has 5 nitrogen and oxygen atoms in total. The van der Waals surface area contributed by atoms with E-state index in [1.165, 1.54) is 24.3 Å². The number of hydrogen-bond acceptors (Lipinski definition) is 4. The van der Waals surface area contributed by atoms with Gasteiger partial charge in [0, 0.05) is 0 Å². The highest BCUT2D eigenvalue weighted by atomic mass is 32.2. The first-order chi connectivity index (χ1) is 9.44. The Balaban J connectivity index is 2.43. The molecule has 2 rings (SSSR count). The predicted octanol–water partition coefficient (Wildman–Crippen LogP) is 2.22. The lowest BCUT2D eigenvalue weighted by atomic mass is 10.2. The number of hydrogen-bond donors (Lipinski definition) is 3. The highest BCUT2D eigenvalue weighted by molar-refractivity contribution is 7.92. The summed E-state index contributed by atoms with van der Waals surface area (Å²) in [4.78, 5) is -0.0524. The first-order valence-electron chi connectivity index (χ1n) is 5.78. The fourth-order valence-electron chi connectivity index (χ4n) is 1.74. The van der Waals surface area contributed by atoms with Crippen molar-refractivity contribution in [1.82, 2.24) is 0 Å². The normalized spacial score (nSPS) is 11.2. The Hall–Kier alpha value is -2.12. The number of nitrogens with two attached hydrogens (primary N) is 1. The fraction of sp³-hybridized carbons (Fsp3) is 0.0769. The fourth-order valence-corrected chi connectivity index (χ4v) is 2.97. The summed E-state index contributed by atoms with van der Waals surface area (Å²) in [7, 11) is -3.93. The number of halogens is 1. The minimum atomic E-state index is -3.93. The molecule has 0 fully saturated rings. The number of anilines is 2. The zero-order valence-electron chi connectivity index (χ0n) is 10.7. The van der Waals surface area contributed by atoms with Crippen LogP contribution >= 0.6 is 0 Å². The second-order valence-corrected chi connectivity index (χ2v) is 5.88. The van der Waals surface area contributed by atoms with Crippen LogP contribution in [0.2, 0.25) is 0 Å². The van der Waals surface area contributed by atoms with Gasteiger partial charge in [0.05, 0.1) is 11.4 Å². The van der Waals surface area contributed by atoms with Crippen LogP contribution in [0.25, 0.3) is 0 Å². The molecule has 0 atom stereocenters. The Kier molecular flexibility index (Phi) is 3.91. The standard InChI is InChI=1S/C13H14FN3O2S/c1-9-6-7-10(14)12(8-9)17-20(18,19)13-5-3-2-4-11(13)16-15/h2-8,16-17H,15H2,1H3. The smallest absolute Gasteiger partial charge is 0.264 e. The quantitative estimate of drug-likeness (QED) is 0.596. The highest BCUT2D eigenvalue weighted by Gasteiger charge is 2.19. The van der Waals surface area contributed by atoms with Gasteiger partial charge in [-0.3, -0.25) is 10.6 Å². The highest BCUT2D eigenvalue weighted by Crippen LogP contribution is 2.24. The molecule has 0 aliphatic carbocycles. The summed E-state index contributed by atoms with van der Waals surface area (Å²) < 4.78 is 40.4. The van der Waals surface area contributed by atoms with Crippen LogP contribution in [-0.2, 0) is 10.0 Å². The average Bonchev–Trinajstić information content (AvgIpc) is 2.42. The monoisotopic (exact) mass is 295 g/mol. The minimum absolute atomic E-state index is 0.0524. The van der Waals surface area contributed by atoms with E-state index in [4.69, 9.17) is 5.84 Å². The molecular weight excluding hydrogens is 281 g/mol. The topological polar surface area (TPSA) is 84.2 Å². The van der Waals surface area contributed by atoms with E-state index >= 15 is 0 Å². The lowest BCUT2D eigenvalue weighted by Gasteiger charge is -2.12. The minimum Gasteiger partial charge on any atom is -0.323 e. The van der Waals surface area contributed by atoms with E-state index in [0.29, 0.717) is 0 Å². The van der Waals surface area contributed by atoms with Gasteiger partial charge in [-0.1, -0.05) is 18.2 Å². The Morgan fingerprint density at radius 2 is 1.80 bits per heavy atom. The predicted molar refractivity (Wildman–Crippen MR) is 76.2 cm³/mol. The van der Waals surface area contributed by atoms with Gasteiger partial charge in [0.2, 0.25) is 0 Å². The number of nitrogen functional groups attached to an aromatic ring is 1. The molecule has 0 aromatic heterocycles. The van der Waals surface area contributed by atoms with Crippen molar-refractivity contribution in [2.24, 2.45) is 5.84 Å². The molecule has 0 unspecified atom stereocenters. The lowest BCUT2D eigenvalue weighted by molar-refractivity contribution is 0.598. The van der Waals surface area contributed by atoms with Crippen molar-refractivity contribution in [3.63, 3.8) is 0 Å². The van der Waals surface area contributed by atoms with Gasteiger partial charge in [0.25, 0.3) is 10.0 Å². The molecule has 7 heteroatoms. The summed E-state index contributed by atoms with van der Waals surface area (Å²) in [6.07, 6.45) is 0. The maximum Gasteiger partial charge on any atom is 0.264 e. The van der Waals surface area contributed by atoms with Crippen molar-refractivity contribution in [2.75, 3.05) is 10.1 Å². The first-order valence-corrected chi connectivity index (χ1v) is 7.27. The van der Waals surface area contributed by atoms with E-state index < -0.39 is 15.8 Å². The summed E-state index contributed by atoms with van der Waals surface area (Å²) in [5.74, 6) is 4.64. The molecule has 0 radical (unpaired) electrons. The molecule has 0 amide bonds. The molecule has 0 spiro atoms. The SMILES string of the molecule is Cc1ccc(F)c(NS(=O)(=O)c2ccccc2NN)c1. The van der Waals surface area contributed by atoms with E-state index in [2.05, 4.69) is 10.1 Å². The van der Waals surface area contributed by atoms with Crippen LogP contribution < -0.4 is 16.0 Å². The summed E-state index contributed by atoms with van der Waals surface area (Å²) in [6.45, 7) is 1.74. The second kappa shape index (κ2) is 5.48. The summed E-state index contributed by atoms with van der Waals surface area (Å²) >= 11 is 0. The zero-order valence-corrected chi connectivity index (χ0v) is 11.5. The van der Waals surface area contributed by atoms with E-state index in [9.17, 15) is 12.8 Å². The summed E-state index contributed by atoms with van der Waals surface area (Å²) in [5, 5.41) is 0. The van der Waals surface area contributed by atoms with Gasteiger partial charge in [0.15, 0.2) is 0 Å². The second-order valence-electron chi connectivity index (χ2n) is 4.23. The van der Waals surface area contributed by atoms with Crippen molar-refractivity contribution in [2.45, 2.75) is 11.8 Å². The number of para-hydroxylation sites is 1. The number of nitrogens with one attached hydrogen (secondary N) is 2. The molecular formula is C13H14FN3O2S. The van der Waals surface area contributed by atoms with Crippen molar-refractivity contribution < 1.29 is 12.8 Å². The number of aryl methyl sites for hydroxylation is 1. The van der Waals surface area contributed by atoms with Crippen LogP contribution in [0, 0.1) is 12.7 Å². The largest absolute Gasteiger partial charge is 0.323 e. The maximum absolute atomic E-state index is 13.6. The first kappa shape index (κ1) is 14.3. The molecule has 0 saturated carbocycles. The van der Waals surface area contributed by atoms with E-state index in [0.717, 1.165) is 5.56 Å². The van der Waals surface area contributed by atoms with Crippen LogP contribution in [0.4, 0.5) is 15.8 Å². The average molecular weight is 295 g/mol. The van der Waals surface area contributed by atoms with Crippen LogP contribution in [0.3, 0.4) is 0 Å². The zero-order chi connectivity index (χ0) is 14.8. The lowest BCUT2D eigenvalue weighted by Crippen LogP contribution is -2.18. The molecule has 0 bridgehead atoms.